The minimum absolute atomic E-state index is 0.119. The first kappa shape index (κ1) is 14.7. The molecule has 0 unspecified atom stereocenters. The van der Waals surface area contributed by atoms with Gasteiger partial charge in [0.05, 0.1) is 11.8 Å². The van der Waals surface area contributed by atoms with E-state index in [9.17, 15) is 4.39 Å². The van der Waals surface area contributed by atoms with Crippen LogP contribution in [0, 0.1) is 17.8 Å². The minimum atomic E-state index is -0.678. The fourth-order valence-electron chi connectivity index (χ4n) is 1.88. The van der Waals surface area contributed by atoms with Crippen molar-refractivity contribution in [2.75, 3.05) is 0 Å². The number of hydrogen-bond donors (Lipinski definition) is 1. The zero-order chi connectivity index (χ0) is 14.9. The molecule has 1 N–H and O–H groups in total. The molecule has 21 heavy (non-hydrogen) atoms. The number of hydrogen-bond acceptors (Lipinski definition) is 3. The second-order valence-electron chi connectivity index (χ2n) is 4.49. The lowest BCUT2D eigenvalue weighted by molar-refractivity contribution is 0.321. The molecule has 0 saturated heterocycles. The molecule has 0 aliphatic carbocycles. The van der Waals surface area contributed by atoms with Crippen molar-refractivity contribution in [2.24, 2.45) is 5.16 Å². The molecule has 4 heteroatoms. The van der Waals surface area contributed by atoms with Crippen LogP contribution in [0.3, 0.4) is 0 Å². The zero-order valence-corrected chi connectivity index (χ0v) is 11.5. The average Bonchev–Trinajstić information content (AvgIpc) is 2.51. The highest BCUT2D eigenvalue weighted by atomic mass is 19.1. The Morgan fingerprint density at radius 2 is 2.10 bits per heavy atom. The van der Waals surface area contributed by atoms with Gasteiger partial charge >= 0.3 is 0 Å². The second kappa shape index (κ2) is 7.81. The molecule has 0 amide bonds. The maximum absolute atomic E-state index is 13.2. The Hall–Kier alpha value is -2.67. The molecule has 1 heterocycles. The molecule has 0 fully saturated rings. The highest BCUT2D eigenvalue weighted by Crippen LogP contribution is 2.06. The first-order valence-corrected chi connectivity index (χ1v) is 6.65. The van der Waals surface area contributed by atoms with Crippen molar-refractivity contribution in [3.63, 3.8) is 0 Å². The summed E-state index contributed by atoms with van der Waals surface area (Å²) in [4.78, 5) is 3.57. The first-order valence-electron chi connectivity index (χ1n) is 6.65. The molecule has 106 valence electrons. The van der Waals surface area contributed by atoms with Crippen molar-refractivity contribution >= 4 is 6.21 Å². The Balaban J connectivity index is 1.89. The van der Waals surface area contributed by atoms with Gasteiger partial charge in [0.15, 0.2) is 0 Å². The average molecular weight is 282 g/mol. The number of unbranched alkanes of at least 4 members (excludes halogenated alkanes) is 1. The summed E-state index contributed by atoms with van der Waals surface area (Å²) in [6.45, 7) is 0. The van der Waals surface area contributed by atoms with Crippen molar-refractivity contribution in [3.8, 4) is 11.8 Å². The maximum Gasteiger partial charge on any atom is 0.221 e. The fourth-order valence-corrected chi connectivity index (χ4v) is 1.88. The van der Waals surface area contributed by atoms with Gasteiger partial charge in [-0.1, -0.05) is 47.3 Å². The van der Waals surface area contributed by atoms with Gasteiger partial charge in [-0.25, -0.2) is 4.98 Å². The quantitative estimate of drug-likeness (QED) is 0.233. The van der Waals surface area contributed by atoms with Crippen LogP contribution in [0.2, 0.25) is 0 Å². The molecule has 0 aliphatic rings. The number of oxime groups is 1. The van der Waals surface area contributed by atoms with E-state index in [2.05, 4.69) is 34.1 Å². The van der Waals surface area contributed by atoms with Crippen LogP contribution >= 0.6 is 0 Å². The van der Waals surface area contributed by atoms with E-state index in [0.717, 1.165) is 25.5 Å². The number of pyridine rings is 1. The number of aromatic nitrogens is 1. The molecule has 2 aromatic rings. The van der Waals surface area contributed by atoms with Crippen LogP contribution in [0.5, 0.6) is 0 Å². The Morgan fingerprint density at radius 1 is 1.29 bits per heavy atom. The smallest absolute Gasteiger partial charge is 0.221 e. The van der Waals surface area contributed by atoms with Crippen LogP contribution in [0.1, 0.15) is 29.5 Å². The van der Waals surface area contributed by atoms with Crippen molar-refractivity contribution < 1.29 is 9.60 Å². The Bertz CT molecular complexity index is 672. The van der Waals surface area contributed by atoms with Gasteiger partial charge in [-0.15, -0.1) is 0 Å². The summed E-state index contributed by atoms with van der Waals surface area (Å²) in [5, 5.41) is 11.2. The molecule has 0 bridgehead atoms. The number of halogens is 1. The summed E-state index contributed by atoms with van der Waals surface area (Å²) in [6, 6.07) is 11.7. The standard InChI is InChI=1S/C17H15FN2O/c18-17-16(13-20-21)11-15(12-19-17)10-6-2-5-9-14-7-3-1-4-8-14/h1,3-4,7-8,11-13,21H,2,5,9H2/b20-13+. The van der Waals surface area contributed by atoms with Gasteiger partial charge in [-0.3, -0.25) is 0 Å². The third-order valence-corrected chi connectivity index (χ3v) is 2.91. The predicted octanol–water partition coefficient (Wildman–Crippen LogP) is 3.40. The molecule has 0 atom stereocenters. The topological polar surface area (TPSA) is 45.5 Å². The minimum Gasteiger partial charge on any atom is -0.411 e. The van der Waals surface area contributed by atoms with Gasteiger partial charge in [0, 0.05) is 18.2 Å². The predicted molar refractivity (Wildman–Crippen MR) is 79.8 cm³/mol. The summed E-state index contributed by atoms with van der Waals surface area (Å²) in [5.74, 6) is 5.30. The molecule has 1 aromatic carbocycles. The van der Waals surface area contributed by atoms with E-state index < -0.39 is 5.95 Å². The third-order valence-electron chi connectivity index (χ3n) is 2.91. The lowest BCUT2D eigenvalue weighted by Crippen LogP contribution is -1.93. The first-order chi connectivity index (χ1) is 10.3. The van der Waals surface area contributed by atoms with Gasteiger partial charge in [-0.2, -0.15) is 4.39 Å². The molecule has 0 saturated carbocycles. The van der Waals surface area contributed by atoms with Crippen LogP contribution in [0.4, 0.5) is 4.39 Å². The van der Waals surface area contributed by atoms with Gasteiger partial charge in [0.2, 0.25) is 5.95 Å². The van der Waals surface area contributed by atoms with Crippen LogP contribution in [-0.4, -0.2) is 16.4 Å². The molecule has 0 aliphatic heterocycles. The highest BCUT2D eigenvalue weighted by Gasteiger charge is 2.01. The summed E-state index contributed by atoms with van der Waals surface area (Å²) < 4.78 is 13.2. The number of benzene rings is 1. The molecule has 1 aromatic heterocycles. The Kier molecular flexibility index (Phi) is 5.48. The van der Waals surface area contributed by atoms with Crippen LogP contribution < -0.4 is 0 Å². The monoisotopic (exact) mass is 282 g/mol. The fraction of sp³-hybridized carbons (Fsp3) is 0.176. The van der Waals surface area contributed by atoms with E-state index in [4.69, 9.17) is 5.21 Å². The SMILES string of the molecule is O/N=C/c1cc(C#CCCCc2ccccc2)cnc1F. The van der Waals surface area contributed by atoms with Crippen molar-refractivity contribution in [3.05, 3.63) is 65.2 Å². The molecular formula is C17H15FN2O. The maximum atomic E-state index is 13.2. The molecule has 0 spiro atoms. The van der Waals surface area contributed by atoms with E-state index in [1.54, 1.807) is 0 Å². The second-order valence-corrected chi connectivity index (χ2v) is 4.49. The van der Waals surface area contributed by atoms with Gasteiger partial charge in [0.1, 0.15) is 0 Å². The lowest BCUT2D eigenvalue weighted by atomic mass is 10.1. The molecule has 2 rings (SSSR count). The largest absolute Gasteiger partial charge is 0.411 e. The lowest BCUT2D eigenvalue weighted by Gasteiger charge is -1.97. The van der Waals surface area contributed by atoms with E-state index in [0.29, 0.717) is 5.56 Å². The zero-order valence-electron chi connectivity index (χ0n) is 11.5. The van der Waals surface area contributed by atoms with Gasteiger partial charge < -0.3 is 5.21 Å². The third kappa shape index (κ3) is 4.73. The van der Waals surface area contributed by atoms with Crippen molar-refractivity contribution in [1.29, 1.82) is 0 Å². The number of nitrogens with zero attached hydrogens (tertiary/aromatic N) is 2. The summed E-state index contributed by atoms with van der Waals surface area (Å²) in [7, 11) is 0. The summed E-state index contributed by atoms with van der Waals surface area (Å²) in [5.41, 5.74) is 2.02. The molecule has 3 nitrogen and oxygen atoms in total. The normalized spacial score (nSPS) is 10.3. The number of rotatable bonds is 4. The van der Waals surface area contributed by atoms with Crippen LogP contribution in [-0.2, 0) is 6.42 Å². The van der Waals surface area contributed by atoms with E-state index >= 15 is 0 Å². The van der Waals surface area contributed by atoms with E-state index in [-0.39, 0.29) is 5.56 Å². The summed E-state index contributed by atoms with van der Waals surface area (Å²) >= 11 is 0. The van der Waals surface area contributed by atoms with Gasteiger partial charge in [0.25, 0.3) is 0 Å². The van der Waals surface area contributed by atoms with Gasteiger partial charge in [-0.05, 0) is 24.5 Å². The van der Waals surface area contributed by atoms with Crippen LogP contribution in [0.25, 0.3) is 0 Å². The van der Waals surface area contributed by atoms with Crippen molar-refractivity contribution in [1.82, 2.24) is 4.98 Å². The van der Waals surface area contributed by atoms with Crippen LogP contribution in [0.15, 0.2) is 47.8 Å². The summed E-state index contributed by atoms with van der Waals surface area (Å²) in [6.07, 6.45) is 5.09. The van der Waals surface area contributed by atoms with E-state index in [1.807, 2.05) is 18.2 Å². The highest BCUT2D eigenvalue weighted by molar-refractivity contribution is 5.79. The Labute approximate surface area is 123 Å². The number of aryl methyl sites for hydroxylation is 1. The van der Waals surface area contributed by atoms with E-state index in [1.165, 1.54) is 17.8 Å². The molecular weight excluding hydrogens is 267 g/mol. The Morgan fingerprint density at radius 3 is 2.86 bits per heavy atom. The van der Waals surface area contributed by atoms with Crippen molar-refractivity contribution in [2.45, 2.75) is 19.3 Å². The molecule has 0 radical (unpaired) electrons.